The number of halogens is 3. The highest BCUT2D eigenvalue weighted by atomic mass is 19.4. The molecule has 0 saturated heterocycles. The molecule has 1 fully saturated rings. The van der Waals surface area contributed by atoms with E-state index in [0.717, 1.165) is 0 Å². The fourth-order valence-electron chi connectivity index (χ4n) is 3.22. The van der Waals surface area contributed by atoms with Gasteiger partial charge in [0.2, 0.25) is 0 Å². The quantitative estimate of drug-likeness (QED) is 0.898. The lowest BCUT2D eigenvalue weighted by atomic mass is 9.59. The van der Waals surface area contributed by atoms with Crippen LogP contribution in [0.3, 0.4) is 0 Å². The highest BCUT2D eigenvalue weighted by molar-refractivity contribution is 5.39. The second kappa shape index (κ2) is 6.07. The summed E-state index contributed by atoms with van der Waals surface area (Å²) < 4.78 is 41.2. The lowest BCUT2D eigenvalue weighted by molar-refractivity contribution is -0.274. The smallest absolute Gasteiger partial charge is 0.406 e. The number of nitrogens with zero attached hydrogens (tertiary/aromatic N) is 1. The van der Waals surface area contributed by atoms with E-state index >= 15 is 0 Å². The van der Waals surface area contributed by atoms with Crippen molar-refractivity contribution in [2.45, 2.75) is 36.8 Å². The molecule has 1 aromatic carbocycles. The number of rotatable bonds is 4. The Hall–Kier alpha value is -2.12. The van der Waals surface area contributed by atoms with Gasteiger partial charge in [-0.15, -0.1) is 13.2 Å². The third-order valence-corrected chi connectivity index (χ3v) is 4.33. The Morgan fingerprint density at radius 2 is 1.92 bits per heavy atom. The van der Waals surface area contributed by atoms with Crippen molar-refractivity contribution in [2.24, 2.45) is 0 Å². The van der Waals surface area contributed by atoms with Crippen LogP contribution in [-0.4, -0.2) is 27.7 Å². The Balaban J connectivity index is 1.95. The average Bonchev–Trinajstić information content (AvgIpc) is 2.50. The van der Waals surface area contributed by atoms with Gasteiger partial charge in [0, 0.05) is 11.6 Å². The first-order valence-electron chi connectivity index (χ1n) is 7.43. The summed E-state index contributed by atoms with van der Waals surface area (Å²) in [6.07, 6.45) is -4.44. The van der Waals surface area contributed by atoms with Crippen LogP contribution in [0.5, 0.6) is 5.75 Å². The fourth-order valence-corrected chi connectivity index (χ4v) is 3.22. The Kier molecular flexibility index (Phi) is 4.23. The molecule has 1 aliphatic rings. The van der Waals surface area contributed by atoms with Crippen LogP contribution in [0.1, 0.15) is 30.2 Å². The van der Waals surface area contributed by atoms with Gasteiger partial charge in [-0.25, -0.2) is 0 Å². The summed E-state index contributed by atoms with van der Waals surface area (Å²) in [6.45, 7) is 0. The highest BCUT2D eigenvalue weighted by Gasteiger charge is 2.51. The first-order chi connectivity index (χ1) is 11.3. The van der Waals surface area contributed by atoms with Gasteiger partial charge in [-0.05, 0) is 42.7 Å². The number of aromatic nitrogens is 1. The van der Waals surface area contributed by atoms with Gasteiger partial charge in [-0.1, -0.05) is 18.2 Å². The first kappa shape index (κ1) is 16.7. The monoisotopic (exact) mass is 339 g/mol. The molecule has 24 heavy (non-hydrogen) atoms. The average molecular weight is 339 g/mol. The zero-order valence-electron chi connectivity index (χ0n) is 12.6. The summed E-state index contributed by atoms with van der Waals surface area (Å²) in [5.41, 5.74) is -0.00195. The van der Waals surface area contributed by atoms with Crippen molar-refractivity contribution in [3.05, 3.63) is 59.9 Å². The van der Waals surface area contributed by atoms with Crippen LogP contribution >= 0.6 is 0 Å². The number of aliphatic hydroxyl groups excluding tert-OH is 2. The molecule has 1 atom stereocenters. The van der Waals surface area contributed by atoms with Crippen LogP contribution in [0.15, 0.2) is 48.7 Å². The van der Waals surface area contributed by atoms with Crippen molar-refractivity contribution in [3.8, 4) is 5.75 Å². The van der Waals surface area contributed by atoms with Crippen molar-refractivity contribution in [2.75, 3.05) is 0 Å². The molecule has 0 radical (unpaired) electrons. The molecule has 3 rings (SSSR count). The van der Waals surface area contributed by atoms with Crippen LogP contribution < -0.4 is 4.74 Å². The van der Waals surface area contributed by atoms with Crippen molar-refractivity contribution in [1.29, 1.82) is 0 Å². The van der Waals surface area contributed by atoms with Crippen LogP contribution in [-0.2, 0) is 5.41 Å². The topological polar surface area (TPSA) is 62.6 Å². The largest absolute Gasteiger partial charge is 0.573 e. The number of alkyl halides is 3. The first-order valence-corrected chi connectivity index (χ1v) is 7.43. The number of hydrogen-bond donors (Lipinski definition) is 2. The molecular weight excluding hydrogens is 323 g/mol. The highest BCUT2D eigenvalue weighted by Crippen LogP contribution is 2.52. The third kappa shape index (κ3) is 3.22. The summed E-state index contributed by atoms with van der Waals surface area (Å²) in [7, 11) is 0. The van der Waals surface area contributed by atoms with Crippen molar-refractivity contribution >= 4 is 0 Å². The van der Waals surface area contributed by atoms with E-state index < -0.39 is 24.0 Å². The molecule has 2 N–H and O–H groups in total. The SMILES string of the molecule is OC1CC(c2cccc(OC(F)(F)F)c2)(C(O)c2ccccn2)C1. The minimum Gasteiger partial charge on any atom is -0.406 e. The summed E-state index contributed by atoms with van der Waals surface area (Å²) >= 11 is 0. The van der Waals surface area contributed by atoms with E-state index in [1.807, 2.05) is 0 Å². The normalized spacial score (nSPS) is 25.0. The minimum absolute atomic E-state index is 0.236. The van der Waals surface area contributed by atoms with Crippen LogP contribution in [0.2, 0.25) is 0 Å². The number of benzene rings is 1. The van der Waals surface area contributed by atoms with Crippen molar-refractivity contribution in [3.63, 3.8) is 0 Å². The number of pyridine rings is 1. The number of aliphatic hydroxyl groups is 2. The van der Waals surface area contributed by atoms with Crippen molar-refractivity contribution in [1.82, 2.24) is 4.98 Å². The maximum absolute atomic E-state index is 12.4. The second-order valence-electron chi connectivity index (χ2n) is 5.95. The van der Waals surface area contributed by atoms with Gasteiger partial charge in [0.15, 0.2) is 0 Å². The van der Waals surface area contributed by atoms with E-state index in [1.165, 1.54) is 24.4 Å². The Bertz CT molecular complexity index is 700. The maximum atomic E-state index is 12.4. The third-order valence-electron chi connectivity index (χ3n) is 4.33. The van der Waals surface area contributed by atoms with Gasteiger partial charge in [0.1, 0.15) is 11.9 Å². The maximum Gasteiger partial charge on any atom is 0.573 e. The van der Waals surface area contributed by atoms with E-state index in [1.54, 1.807) is 24.3 Å². The van der Waals surface area contributed by atoms with Crippen LogP contribution in [0.4, 0.5) is 13.2 Å². The van der Waals surface area contributed by atoms with Gasteiger partial charge < -0.3 is 14.9 Å². The zero-order chi connectivity index (χ0) is 17.4. The van der Waals surface area contributed by atoms with Gasteiger partial charge >= 0.3 is 6.36 Å². The van der Waals surface area contributed by atoms with E-state index in [4.69, 9.17) is 0 Å². The lowest BCUT2D eigenvalue weighted by Crippen LogP contribution is -2.49. The summed E-state index contributed by atoms with van der Waals surface area (Å²) in [5, 5.41) is 20.5. The van der Waals surface area contributed by atoms with E-state index in [2.05, 4.69) is 9.72 Å². The lowest BCUT2D eigenvalue weighted by Gasteiger charge is -2.48. The summed E-state index contributed by atoms with van der Waals surface area (Å²) in [5.74, 6) is -0.353. The van der Waals surface area contributed by atoms with Crippen molar-refractivity contribution < 1.29 is 28.1 Å². The molecule has 0 amide bonds. The Morgan fingerprint density at radius 3 is 2.50 bits per heavy atom. The molecule has 1 saturated carbocycles. The van der Waals surface area contributed by atoms with E-state index in [0.29, 0.717) is 11.3 Å². The van der Waals surface area contributed by atoms with Gasteiger partial charge in [-0.2, -0.15) is 0 Å². The summed E-state index contributed by atoms with van der Waals surface area (Å²) in [4.78, 5) is 4.12. The Morgan fingerprint density at radius 1 is 1.17 bits per heavy atom. The van der Waals surface area contributed by atoms with E-state index in [9.17, 15) is 23.4 Å². The van der Waals surface area contributed by atoms with Gasteiger partial charge in [-0.3, -0.25) is 4.98 Å². The Labute approximate surface area is 136 Å². The molecule has 1 aliphatic carbocycles. The minimum atomic E-state index is -4.79. The molecule has 0 spiro atoms. The number of hydrogen-bond acceptors (Lipinski definition) is 4. The molecule has 7 heteroatoms. The van der Waals surface area contributed by atoms with E-state index in [-0.39, 0.29) is 18.6 Å². The predicted octanol–water partition coefficient (Wildman–Crippen LogP) is 3.11. The molecule has 4 nitrogen and oxygen atoms in total. The van der Waals surface area contributed by atoms with Crippen LogP contribution in [0, 0.1) is 0 Å². The molecule has 0 aliphatic heterocycles. The van der Waals surface area contributed by atoms with Crippen LogP contribution in [0.25, 0.3) is 0 Å². The van der Waals surface area contributed by atoms with Gasteiger partial charge in [0.25, 0.3) is 0 Å². The zero-order valence-corrected chi connectivity index (χ0v) is 12.6. The van der Waals surface area contributed by atoms with Gasteiger partial charge in [0.05, 0.1) is 11.8 Å². The predicted molar refractivity (Wildman–Crippen MR) is 79.2 cm³/mol. The summed E-state index contributed by atoms with van der Waals surface area (Å²) in [6, 6.07) is 10.6. The molecule has 1 heterocycles. The molecule has 1 aromatic heterocycles. The molecule has 2 aromatic rings. The standard InChI is InChI=1S/C17H16F3NO3/c18-17(19,20)24-13-5-3-4-11(8-13)16(9-12(22)10-16)15(23)14-6-1-2-7-21-14/h1-8,12,15,22-23H,9-10H2. The molecule has 128 valence electrons. The second-order valence-corrected chi connectivity index (χ2v) is 5.95. The molecule has 0 bridgehead atoms. The molecular formula is C17H16F3NO3. The molecule has 1 unspecified atom stereocenters. The number of ether oxygens (including phenoxy) is 1. The fraction of sp³-hybridized carbons (Fsp3) is 0.353.